The molecular formula is C23H19BrN2O2S. The molecule has 1 heterocycles. The molecule has 1 aliphatic heterocycles. The molecule has 0 amide bonds. The van der Waals surface area contributed by atoms with Crippen molar-refractivity contribution in [3.8, 4) is 6.07 Å². The van der Waals surface area contributed by atoms with E-state index in [1.807, 2.05) is 49.4 Å². The summed E-state index contributed by atoms with van der Waals surface area (Å²) in [5, 5.41) is 13.7. The fourth-order valence-corrected chi connectivity index (χ4v) is 4.58. The number of allylic oxidation sites excluding steroid dienone is 3. The predicted molar refractivity (Wildman–Crippen MR) is 119 cm³/mol. The van der Waals surface area contributed by atoms with E-state index in [0.717, 1.165) is 10.0 Å². The molecule has 0 saturated heterocycles. The van der Waals surface area contributed by atoms with E-state index in [1.165, 1.54) is 18.7 Å². The van der Waals surface area contributed by atoms with E-state index >= 15 is 0 Å². The minimum Gasteiger partial charge on any atom is -0.353 e. The van der Waals surface area contributed by atoms with Crippen molar-refractivity contribution in [3.05, 3.63) is 92.1 Å². The van der Waals surface area contributed by atoms with Crippen LogP contribution in [0.25, 0.3) is 0 Å². The zero-order valence-electron chi connectivity index (χ0n) is 16.0. The van der Waals surface area contributed by atoms with Gasteiger partial charge in [0.2, 0.25) is 0 Å². The van der Waals surface area contributed by atoms with Gasteiger partial charge in [-0.3, -0.25) is 9.59 Å². The van der Waals surface area contributed by atoms with Crippen LogP contribution in [-0.4, -0.2) is 17.3 Å². The van der Waals surface area contributed by atoms with E-state index in [1.54, 1.807) is 12.1 Å². The van der Waals surface area contributed by atoms with E-state index in [2.05, 4.69) is 27.3 Å². The number of dihydropyridines is 1. The second kappa shape index (κ2) is 9.25. The normalized spacial score (nSPS) is 16.3. The predicted octanol–water partition coefficient (Wildman–Crippen LogP) is 5.35. The number of nitrogens with zero attached hydrogens (tertiary/aromatic N) is 1. The zero-order chi connectivity index (χ0) is 21.0. The number of hydrogen-bond donors (Lipinski definition) is 1. The van der Waals surface area contributed by atoms with E-state index in [0.29, 0.717) is 27.4 Å². The Kier molecular flexibility index (Phi) is 6.73. The lowest BCUT2D eigenvalue weighted by atomic mass is 9.81. The Morgan fingerprint density at radius 2 is 1.79 bits per heavy atom. The molecule has 29 heavy (non-hydrogen) atoms. The monoisotopic (exact) mass is 466 g/mol. The Labute approximate surface area is 182 Å². The summed E-state index contributed by atoms with van der Waals surface area (Å²) in [5.74, 6) is -0.351. The van der Waals surface area contributed by atoms with Crippen LogP contribution in [0.3, 0.4) is 0 Å². The zero-order valence-corrected chi connectivity index (χ0v) is 18.4. The number of nitriles is 1. The Morgan fingerprint density at radius 1 is 1.14 bits per heavy atom. The first-order valence-electron chi connectivity index (χ1n) is 9.02. The van der Waals surface area contributed by atoms with Gasteiger partial charge in [0, 0.05) is 21.3 Å². The SMILES string of the molecule is CC(=O)C1=C(C)NC(SCC(=O)c2ccccc2)=C(C#N)[C@H]1c1ccc(Br)cc1. The largest absolute Gasteiger partial charge is 0.353 e. The smallest absolute Gasteiger partial charge is 0.173 e. The summed E-state index contributed by atoms with van der Waals surface area (Å²) in [6, 6.07) is 18.9. The van der Waals surface area contributed by atoms with Crippen LogP contribution < -0.4 is 5.32 Å². The Hall–Kier alpha value is -2.62. The first-order valence-corrected chi connectivity index (χ1v) is 10.8. The molecular weight excluding hydrogens is 448 g/mol. The standard InChI is InChI=1S/C23H19BrN2O2S/c1-14-21(15(2)27)22(17-8-10-18(24)11-9-17)19(12-25)23(26-14)29-13-20(28)16-6-4-3-5-7-16/h3-11,22,26H,13H2,1-2H3/t22-/m1/s1. The fraction of sp³-hybridized carbons (Fsp3) is 0.174. The topological polar surface area (TPSA) is 70.0 Å². The number of carbonyl (C=O) groups excluding carboxylic acids is 2. The van der Waals surface area contributed by atoms with Crippen LogP contribution in [0.4, 0.5) is 0 Å². The summed E-state index contributed by atoms with van der Waals surface area (Å²) in [5.41, 5.74) is 3.23. The van der Waals surface area contributed by atoms with E-state index in [-0.39, 0.29) is 17.3 Å². The maximum atomic E-state index is 12.5. The molecule has 0 fully saturated rings. The molecule has 1 N–H and O–H groups in total. The van der Waals surface area contributed by atoms with Crippen LogP contribution >= 0.6 is 27.7 Å². The van der Waals surface area contributed by atoms with Gasteiger partial charge in [-0.15, -0.1) is 0 Å². The second-order valence-electron chi connectivity index (χ2n) is 6.64. The molecule has 0 radical (unpaired) electrons. The van der Waals surface area contributed by atoms with Gasteiger partial charge in [0.25, 0.3) is 0 Å². The van der Waals surface area contributed by atoms with Gasteiger partial charge >= 0.3 is 0 Å². The molecule has 0 aromatic heterocycles. The van der Waals surface area contributed by atoms with Gasteiger partial charge in [-0.1, -0.05) is 70.2 Å². The fourth-order valence-electron chi connectivity index (χ4n) is 3.33. The van der Waals surface area contributed by atoms with E-state index in [4.69, 9.17) is 0 Å². The highest BCUT2D eigenvalue weighted by Gasteiger charge is 2.33. The molecule has 3 rings (SSSR count). The average Bonchev–Trinajstić information content (AvgIpc) is 2.72. The number of Topliss-reactive ketones (excluding diaryl/α,β-unsaturated/α-hetero) is 2. The van der Waals surface area contributed by atoms with Crippen molar-refractivity contribution < 1.29 is 9.59 Å². The van der Waals surface area contributed by atoms with Crippen LogP contribution in [0.2, 0.25) is 0 Å². The van der Waals surface area contributed by atoms with Crippen molar-refractivity contribution in [2.45, 2.75) is 19.8 Å². The molecule has 6 heteroatoms. The van der Waals surface area contributed by atoms with Gasteiger partial charge < -0.3 is 5.32 Å². The van der Waals surface area contributed by atoms with Crippen LogP contribution in [0.5, 0.6) is 0 Å². The molecule has 1 atom stereocenters. The average molecular weight is 467 g/mol. The molecule has 4 nitrogen and oxygen atoms in total. The lowest BCUT2D eigenvalue weighted by molar-refractivity contribution is -0.113. The summed E-state index contributed by atoms with van der Waals surface area (Å²) < 4.78 is 0.922. The van der Waals surface area contributed by atoms with Gasteiger partial charge in [-0.2, -0.15) is 5.26 Å². The summed E-state index contributed by atoms with van der Waals surface area (Å²) in [6.07, 6.45) is 0. The molecule has 0 aliphatic carbocycles. The molecule has 0 saturated carbocycles. The minimum absolute atomic E-state index is 0.0126. The maximum absolute atomic E-state index is 12.5. The first kappa shape index (κ1) is 21.1. The molecule has 2 aromatic rings. The Morgan fingerprint density at radius 3 is 2.38 bits per heavy atom. The number of carbonyl (C=O) groups is 2. The van der Waals surface area contributed by atoms with Gasteiger partial charge in [0.15, 0.2) is 11.6 Å². The van der Waals surface area contributed by atoms with Crippen LogP contribution in [0.15, 0.2) is 80.9 Å². The quantitative estimate of drug-likeness (QED) is 0.580. The van der Waals surface area contributed by atoms with Crippen LogP contribution in [0.1, 0.15) is 35.7 Å². The van der Waals surface area contributed by atoms with E-state index in [9.17, 15) is 14.9 Å². The number of nitrogens with one attached hydrogen (secondary N) is 1. The number of thioether (sulfide) groups is 1. The molecule has 146 valence electrons. The lowest BCUT2D eigenvalue weighted by Crippen LogP contribution is -2.27. The van der Waals surface area contributed by atoms with Crippen LogP contribution in [0, 0.1) is 11.3 Å². The third kappa shape index (κ3) is 4.69. The highest BCUT2D eigenvalue weighted by atomic mass is 79.9. The molecule has 0 bridgehead atoms. The number of rotatable bonds is 6. The van der Waals surface area contributed by atoms with Gasteiger partial charge in [-0.05, 0) is 31.5 Å². The van der Waals surface area contributed by atoms with Crippen molar-refractivity contribution in [2.75, 3.05) is 5.75 Å². The molecule has 2 aromatic carbocycles. The third-order valence-corrected chi connectivity index (χ3v) is 6.22. The molecule has 0 unspecified atom stereocenters. The second-order valence-corrected chi connectivity index (χ2v) is 8.54. The summed E-state index contributed by atoms with van der Waals surface area (Å²) in [7, 11) is 0. The third-order valence-electron chi connectivity index (χ3n) is 4.67. The van der Waals surface area contributed by atoms with Gasteiger partial charge in [0.05, 0.1) is 28.3 Å². The van der Waals surface area contributed by atoms with Crippen molar-refractivity contribution in [1.82, 2.24) is 5.32 Å². The van der Waals surface area contributed by atoms with E-state index < -0.39 is 5.92 Å². The van der Waals surface area contributed by atoms with Crippen molar-refractivity contribution in [1.29, 1.82) is 5.26 Å². The first-order chi connectivity index (χ1) is 13.9. The number of halogens is 1. The lowest BCUT2D eigenvalue weighted by Gasteiger charge is -2.29. The van der Waals surface area contributed by atoms with Crippen molar-refractivity contribution >= 4 is 39.3 Å². The highest BCUT2D eigenvalue weighted by Crippen LogP contribution is 2.41. The summed E-state index contributed by atoms with van der Waals surface area (Å²) >= 11 is 4.72. The van der Waals surface area contributed by atoms with Crippen molar-refractivity contribution in [2.24, 2.45) is 0 Å². The number of benzene rings is 2. The maximum Gasteiger partial charge on any atom is 0.173 e. The summed E-state index contributed by atoms with van der Waals surface area (Å²) in [6.45, 7) is 3.34. The number of ketones is 2. The van der Waals surface area contributed by atoms with Crippen LogP contribution in [-0.2, 0) is 4.79 Å². The Bertz CT molecular complexity index is 1050. The molecule has 0 spiro atoms. The summed E-state index contributed by atoms with van der Waals surface area (Å²) in [4.78, 5) is 24.9. The molecule has 1 aliphatic rings. The Balaban J connectivity index is 1.96. The number of hydrogen-bond acceptors (Lipinski definition) is 5. The van der Waals surface area contributed by atoms with Gasteiger partial charge in [0.1, 0.15) is 0 Å². The highest BCUT2D eigenvalue weighted by molar-refractivity contribution is 9.10. The van der Waals surface area contributed by atoms with Crippen molar-refractivity contribution in [3.63, 3.8) is 0 Å². The van der Waals surface area contributed by atoms with Gasteiger partial charge in [-0.25, -0.2) is 0 Å². The minimum atomic E-state index is -0.457.